The summed E-state index contributed by atoms with van der Waals surface area (Å²) in [6, 6.07) is 10.0. The van der Waals surface area contributed by atoms with Crippen LogP contribution in [0.25, 0.3) is 11.3 Å². The average Bonchev–Trinajstić information content (AvgIpc) is 2.67. The molecule has 66 valence electrons. The molecular formula is C10H9ClN2. The molecule has 0 fully saturated rings. The van der Waals surface area contributed by atoms with E-state index in [-0.39, 0.29) is 0 Å². The van der Waals surface area contributed by atoms with E-state index in [9.17, 15) is 0 Å². The summed E-state index contributed by atoms with van der Waals surface area (Å²) in [5.74, 6) is 0.487. The molecule has 0 atom stereocenters. The zero-order valence-corrected chi connectivity index (χ0v) is 7.75. The lowest BCUT2D eigenvalue weighted by Crippen LogP contribution is -1.81. The first-order chi connectivity index (χ1) is 6.42. The molecule has 0 radical (unpaired) electrons. The predicted octanol–water partition coefficient (Wildman–Crippen LogP) is 2.82. The molecule has 0 aliphatic rings. The Bertz CT molecular complexity index is 381. The maximum Gasteiger partial charge on any atom is 0.0694 e. The molecule has 0 amide bonds. The summed E-state index contributed by atoms with van der Waals surface area (Å²) < 4.78 is 0. The molecule has 1 N–H and O–H groups in total. The summed E-state index contributed by atoms with van der Waals surface area (Å²) in [5.41, 5.74) is 3.17. The van der Waals surface area contributed by atoms with Gasteiger partial charge in [0.2, 0.25) is 0 Å². The van der Waals surface area contributed by atoms with Crippen LogP contribution in [-0.2, 0) is 5.88 Å². The molecule has 13 heavy (non-hydrogen) atoms. The molecule has 1 aromatic carbocycles. The van der Waals surface area contributed by atoms with Crippen molar-refractivity contribution in [2.45, 2.75) is 5.88 Å². The van der Waals surface area contributed by atoms with Gasteiger partial charge in [-0.2, -0.15) is 5.10 Å². The standard InChI is InChI=1S/C10H9ClN2/c11-6-9-7-12-13-10(9)8-4-2-1-3-5-8/h1-5,7H,6H2,(H,12,13). The highest BCUT2D eigenvalue weighted by molar-refractivity contribution is 6.17. The van der Waals surface area contributed by atoms with Gasteiger partial charge in [-0.05, 0) is 5.56 Å². The first kappa shape index (κ1) is 8.32. The van der Waals surface area contributed by atoms with Crippen LogP contribution in [0.5, 0.6) is 0 Å². The van der Waals surface area contributed by atoms with E-state index in [2.05, 4.69) is 10.2 Å². The fourth-order valence-electron chi connectivity index (χ4n) is 1.27. The summed E-state index contributed by atoms with van der Waals surface area (Å²) in [7, 11) is 0. The monoisotopic (exact) mass is 192 g/mol. The van der Waals surface area contributed by atoms with E-state index < -0.39 is 0 Å². The van der Waals surface area contributed by atoms with Crippen LogP contribution in [0.15, 0.2) is 36.5 Å². The van der Waals surface area contributed by atoms with E-state index >= 15 is 0 Å². The van der Waals surface area contributed by atoms with Crippen LogP contribution in [0.1, 0.15) is 5.56 Å². The molecule has 3 heteroatoms. The lowest BCUT2D eigenvalue weighted by atomic mass is 10.1. The van der Waals surface area contributed by atoms with E-state index in [0.717, 1.165) is 16.8 Å². The van der Waals surface area contributed by atoms with E-state index in [1.165, 1.54) is 0 Å². The van der Waals surface area contributed by atoms with Gasteiger partial charge in [0.1, 0.15) is 0 Å². The van der Waals surface area contributed by atoms with Crippen molar-refractivity contribution in [3.63, 3.8) is 0 Å². The summed E-state index contributed by atoms with van der Waals surface area (Å²) in [6.45, 7) is 0. The quantitative estimate of drug-likeness (QED) is 0.729. The zero-order valence-electron chi connectivity index (χ0n) is 7.00. The van der Waals surface area contributed by atoms with Crippen LogP contribution in [0.4, 0.5) is 0 Å². The molecule has 0 bridgehead atoms. The summed E-state index contributed by atoms with van der Waals surface area (Å²) in [5, 5.41) is 6.90. The predicted molar refractivity (Wildman–Crippen MR) is 53.6 cm³/mol. The Morgan fingerprint density at radius 1 is 1.23 bits per heavy atom. The second-order valence-electron chi connectivity index (χ2n) is 2.77. The van der Waals surface area contributed by atoms with Crippen molar-refractivity contribution in [3.05, 3.63) is 42.1 Å². The number of aromatic nitrogens is 2. The number of halogens is 1. The molecule has 0 saturated carbocycles. The van der Waals surface area contributed by atoms with Gasteiger partial charge >= 0.3 is 0 Å². The second-order valence-corrected chi connectivity index (χ2v) is 3.04. The van der Waals surface area contributed by atoms with Crippen LogP contribution < -0.4 is 0 Å². The first-order valence-electron chi connectivity index (χ1n) is 4.05. The Morgan fingerprint density at radius 3 is 2.69 bits per heavy atom. The van der Waals surface area contributed by atoms with Gasteiger partial charge in [0, 0.05) is 5.56 Å². The van der Waals surface area contributed by atoms with Gasteiger partial charge in [-0.15, -0.1) is 11.6 Å². The lowest BCUT2D eigenvalue weighted by Gasteiger charge is -1.98. The summed E-state index contributed by atoms with van der Waals surface area (Å²) >= 11 is 5.76. The minimum Gasteiger partial charge on any atom is -0.278 e. The number of rotatable bonds is 2. The van der Waals surface area contributed by atoms with Gasteiger partial charge in [0.25, 0.3) is 0 Å². The Balaban J connectivity index is 2.47. The van der Waals surface area contributed by atoms with E-state index in [4.69, 9.17) is 11.6 Å². The third-order valence-electron chi connectivity index (χ3n) is 1.92. The van der Waals surface area contributed by atoms with Gasteiger partial charge < -0.3 is 0 Å². The molecule has 0 spiro atoms. The molecule has 2 aromatic rings. The minimum absolute atomic E-state index is 0.487. The molecular weight excluding hydrogens is 184 g/mol. The maximum absolute atomic E-state index is 5.76. The van der Waals surface area contributed by atoms with Crippen molar-refractivity contribution >= 4 is 11.6 Å². The fourth-order valence-corrected chi connectivity index (χ4v) is 1.47. The Labute approximate surface area is 81.6 Å². The number of hydrogen-bond donors (Lipinski definition) is 1. The third kappa shape index (κ3) is 1.58. The number of aromatic amines is 1. The molecule has 0 saturated heterocycles. The molecule has 2 nitrogen and oxygen atoms in total. The second kappa shape index (κ2) is 3.62. The van der Waals surface area contributed by atoms with Crippen molar-refractivity contribution in [2.75, 3.05) is 0 Å². The SMILES string of the molecule is ClCc1cn[nH]c1-c1ccccc1. The average molecular weight is 193 g/mol. The van der Waals surface area contributed by atoms with E-state index in [1.54, 1.807) is 6.20 Å². The topological polar surface area (TPSA) is 28.7 Å². The number of nitrogens with one attached hydrogen (secondary N) is 1. The Morgan fingerprint density at radius 2 is 2.00 bits per heavy atom. The molecule has 1 aromatic heterocycles. The minimum atomic E-state index is 0.487. The number of H-pyrrole nitrogens is 1. The number of hydrogen-bond acceptors (Lipinski definition) is 1. The first-order valence-corrected chi connectivity index (χ1v) is 4.59. The molecule has 1 heterocycles. The van der Waals surface area contributed by atoms with Gasteiger partial charge in [-0.25, -0.2) is 0 Å². The van der Waals surface area contributed by atoms with E-state index in [0.29, 0.717) is 5.88 Å². The normalized spacial score (nSPS) is 10.2. The number of alkyl halides is 1. The highest BCUT2D eigenvalue weighted by atomic mass is 35.5. The van der Waals surface area contributed by atoms with Gasteiger partial charge in [-0.1, -0.05) is 30.3 Å². The van der Waals surface area contributed by atoms with Crippen LogP contribution in [-0.4, -0.2) is 10.2 Å². The smallest absolute Gasteiger partial charge is 0.0694 e. The largest absolute Gasteiger partial charge is 0.278 e. The highest BCUT2D eigenvalue weighted by Gasteiger charge is 2.04. The third-order valence-corrected chi connectivity index (χ3v) is 2.21. The molecule has 0 unspecified atom stereocenters. The van der Waals surface area contributed by atoms with Crippen molar-refractivity contribution in [2.24, 2.45) is 0 Å². The van der Waals surface area contributed by atoms with Crippen LogP contribution in [0.3, 0.4) is 0 Å². The van der Waals surface area contributed by atoms with Crippen LogP contribution >= 0.6 is 11.6 Å². The summed E-state index contributed by atoms with van der Waals surface area (Å²) in [6.07, 6.45) is 1.76. The van der Waals surface area contributed by atoms with Crippen molar-refractivity contribution < 1.29 is 0 Å². The molecule has 0 aliphatic heterocycles. The Hall–Kier alpha value is -1.28. The van der Waals surface area contributed by atoms with Crippen molar-refractivity contribution in [3.8, 4) is 11.3 Å². The van der Waals surface area contributed by atoms with Crippen molar-refractivity contribution in [1.82, 2.24) is 10.2 Å². The van der Waals surface area contributed by atoms with Crippen LogP contribution in [0.2, 0.25) is 0 Å². The fraction of sp³-hybridized carbons (Fsp3) is 0.100. The zero-order chi connectivity index (χ0) is 9.10. The van der Waals surface area contributed by atoms with Crippen LogP contribution in [0, 0.1) is 0 Å². The van der Waals surface area contributed by atoms with E-state index in [1.807, 2.05) is 30.3 Å². The molecule has 2 rings (SSSR count). The Kier molecular flexibility index (Phi) is 2.32. The highest BCUT2D eigenvalue weighted by Crippen LogP contribution is 2.21. The molecule has 0 aliphatic carbocycles. The van der Waals surface area contributed by atoms with Gasteiger partial charge in [-0.3, -0.25) is 5.10 Å². The lowest BCUT2D eigenvalue weighted by molar-refractivity contribution is 1.10. The number of benzene rings is 1. The summed E-state index contributed by atoms with van der Waals surface area (Å²) in [4.78, 5) is 0. The number of nitrogens with zero attached hydrogens (tertiary/aromatic N) is 1. The maximum atomic E-state index is 5.76. The van der Waals surface area contributed by atoms with Crippen molar-refractivity contribution in [1.29, 1.82) is 0 Å². The van der Waals surface area contributed by atoms with Gasteiger partial charge in [0.15, 0.2) is 0 Å². The van der Waals surface area contributed by atoms with Gasteiger partial charge in [0.05, 0.1) is 17.8 Å².